The second-order valence-electron chi connectivity index (χ2n) is 6.13. The van der Waals surface area contributed by atoms with Gasteiger partial charge in [0.1, 0.15) is 11.5 Å². The first-order valence-corrected chi connectivity index (χ1v) is 10.3. The van der Waals surface area contributed by atoms with Crippen LogP contribution < -0.4 is 14.2 Å². The minimum atomic E-state index is -3.70. The molecule has 6 heteroatoms. The van der Waals surface area contributed by atoms with Crippen LogP contribution in [0.25, 0.3) is 0 Å². The first kappa shape index (κ1) is 20.1. The van der Waals surface area contributed by atoms with E-state index in [1.807, 2.05) is 12.1 Å². The Morgan fingerprint density at radius 2 is 1.65 bits per heavy atom. The van der Waals surface area contributed by atoms with E-state index in [2.05, 4.69) is 11.6 Å². The number of hydrogen-bond donors (Lipinski definition) is 1. The van der Waals surface area contributed by atoms with Crippen LogP contribution in [0.3, 0.4) is 0 Å². The summed E-state index contributed by atoms with van der Waals surface area (Å²) in [5, 5.41) is 0. The Bertz CT molecular complexity index is 801. The van der Waals surface area contributed by atoms with Crippen molar-refractivity contribution in [2.75, 3.05) is 18.9 Å². The van der Waals surface area contributed by atoms with E-state index in [0.717, 1.165) is 18.4 Å². The SMILES string of the molecule is CCCCCCc1ccc(S(=O)(=O)Nc2cc(OC)ccc2OC)cc1. The van der Waals surface area contributed by atoms with Crippen LogP contribution in [-0.4, -0.2) is 22.6 Å². The van der Waals surface area contributed by atoms with E-state index in [0.29, 0.717) is 17.2 Å². The van der Waals surface area contributed by atoms with Crippen LogP contribution in [0, 0.1) is 0 Å². The summed E-state index contributed by atoms with van der Waals surface area (Å²) in [4.78, 5) is 0.222. The number of sulfonamides is 1. The normalized spacial score (nSPS) is 11.2. The molecule has 0 saturated heterocycles. The van der Waals surface area contributed by atoms with E-state index in [9.17, 15) is 8.42 Å². The molecule has 5 nitrogen and oxygen atoms in total. The number of ether oxygens (including phenoxy) is 2. The Labute approximate surface area is 156 Å². The molecule has 0 spiro atoms. The smallest absolute Gasteiger partial charge is 0.262 e. The molecule has 2 rings (SSSR count). The summed E-state index contributed by atoms with van der Waals surface area (Å²) in [5.41, 5.74) is 1.49. The van der Waals surface area contributed by atoms with Gasteiger partial charge in [-0.1, -0.05) is 38.3 Å². The summed E-state index contributed by atoms with van der Waals surface area (Å²) in [6.07, 6.45) is 5.74. The van der Waals surface area contributed by atoms with Gasteiger partial charge in [-0.05, 0) is 42.7 Å². The summed E-state index contributed by atoms with van der Waals surface area (Å²) in [6, 6.07) is 12.0. The van der Waals surface area contributed by atoms with Crippen molar-refractivity contribution in [3.05, 3.63) is 48.0 Å². The predicted molar refractivity (Wildman–Crippen MR) is 105 cm³/mol. The van der Waals surface area contributed by atoms with Crippen molar-refractivity contribution in [3.8, 4) is 11.5 Å². The van der Waals surface area contributed by atoms with Crippen LogP contribution in [-0.2, 0) is 16.4 Å². The molecule has 2 aromatic carbocycles. The minimum Gasteiger partial charge on any atom is -0.497 e. The third-order valence-electron chi connectivity index (χ3n) is 4.20. The number of rotatable bonds is 10. The number of methoxy groups -OCH3 is 2. The van der Waals surface area contributed by atoms with Crippen molar-refractivity contribution in [2.24, 2.45) is 0 Å². The topological polar surface area (TPSA) is 64.6 Å². The van der Waals surface area contributed by atoms with Crippen LogP contribution in [0.5, 0.6) is 11.5 Å². The van der Waals surface area contributed by atoms with Crippen molar-refractivity contribution in [1.82, 2.24) is 0 Å². The lowest BCUT2D eigenvalue weighted by atomic mass is 10.1. The summed E-state index contributed by atoms with van der Waals surface area (Å²) < 4.78 is 38.3. The van der Waals surface area contributed by atoms with Gasteiger partial charge in [-0.2, -0.15) is 0 Å². The van der Waals surface area contributed by atoms with Crippen LogP contribution in [0.4, 0.5) is 5.69 Å². The van der Waals surface area contributed by atoms with Crippen LogP contribution in [0.15, 0.2) is 47.4 Å². The van der Waals surface area contributed by atoms with E-state index in [1.165, 1.54) is 33.5 Å². The molecule has 0 aliphatic heterocycles. The van der Waals surface area contributed by atoms with E-state index in [1.54, 1.807) is 30.3 Å². The zero-order chi connectivity index (χ0) is 19.0. The Morgan fingerprint density at radius 3 is 2.27 bits per heavy atom. The van der Waals surface area contributed by atoms with Crippen molar-refractivity contribution >= 4 is 15.7 Å². The Hall–Kier alpha value is -2.21. The summed E-state index contributed by atoms with van der Waals surface area (Å²) in [6.45, 7) is 2.18. The molecule has 0 atom stereocenters. The zero-order valence-electron chi connectivity index (χ0n) is 15.6. The lowest BCUT2D eigenvalue weighted by Gasteiger charge is -2.13. The largest absolute Gasteiger partial charge is 0.497 e. The molecule has 0 aliphatic rings. The molecule has 0 heterocycles. The number of unbranched alkanes of at least 4 members (excludes halogenated alkanes) is 3. The standard InChI is InChI=1S/C20H27NO4S/c1-4-5-6-7-8-16-9-12-18(13-10-16)26(22,23)21-19-15-17(24-2)11-14-20(19)25-3/h9-15,21H,4-8H2,1-3H3. The average molecular weight is 378 g/mol. The van der Waals surface area contributed by atoms with Crippen LogP contribution >= 0.6 is 0 Å². The first-order valence-electron chi connectivity index (χ1n) is 8.84. The van der Waals surface area contributed by atoms with Crippen LogP contribution in [0.2, 0.25) is 0 Å². The van der Waals surface area contributed by atoms with Gasteiger partial charge in [-0.25, -0.2) is 8.42 Å². The molecule has 26 heavy (non-hydrogen) atoms. The Kier molecular flexibility index (Phi) is 7.33. The molecular weight excluding hydrogens is 350 g/mol. The molecule has 0 amide bonds. The highest BCUT2D eigenvalue weighted by Gasteiger charge is 2.17. The third kappa shape index (κ3) is 5.39. The fraction of sp³-hybridized carbons (Fsp3) is 0.400. The van der Waals surface area contributed by atoms with E-state index in [4.69, 9.17) is 9.47 Å². The first-order chi connectivity index (χ1) is 12.5. The zero-order valence-corrected chi connectivity index (χ0v) is 16.4. The molecule has 2 aromatic rings. The Morgan fingerprint density at radius 1 is 0.923 bits per heavy atom. The predicted octanol–water partition coefficient (Wildman–Crippen LogP) is 4.63. The molecule has 0 aromatic heterocycles. The molecule has 142 valence electrons. The van der Waals surface area contributed by atoms with Crippen molar-refractivity contribution in [1.29, 1.82) is 0 Å². The number of aryl methyl sites for hydroxylation is 1. The van der Waals surface area contributed by atoms with Gasteiger partial charge in [0.05, 0.1) is 24.8 Å². The van der Waals surface area contributed by atoms with Gasteiger partial charge in [-0.3, -0.25) is 4.72 Å². The fourth-order valence-electron chi connectivity index (χ4n) is 2.69. The lowest BCUT2D eigenvalue weighted by molar-refractivity contribution is 0.405. The van der Waals surface area contributed by atoms with Crippen molar-refractivity contribution in [2.45, 2.75) is 43.9 Å². The lowest BCUT2D eigenvalue weighted by Crippen LogP contribution is -2.13. The summed E-state index contributed by atoms with van der Waals surface area (Å²) in [7, 11) is -0.682. The van der Waals surface area contributed by atoms with Crippen LogP contribution in [0.1, 0.15) is 38.2 Å². The molecule has 0 saturated carbocycles. The molecular formula is C20H27NO4S. The van der Waals surface area contributed by atoms with Gasteiger partial charge in [0.2, 0.25) is 0 Å². The Balaban J connectivity index is 2.12. The maximum absolute atomic E-state index is 12.7. The molecule has 0 aliphatic carbocycles. The summed E-state index contributed by atoms with van der Waals surface area (Å²) in [5.74, 6) is 0.979. The third-order valence-corrected chi connectivity index (χ3v) is 5.59. The number of benzene rings is 2. The van der Waals surface area contributed by atoms with Gasteiger partial charge in [0.25, 0.3) is 10.0 Å². The maximum Gasteiger partial charge on any atom is 0.262 e. The van der Waals surface area contributed by atoms with E-state index in [-0.39, 0.29) is 4.90 Å². The van der Waals surface area contributed by atoms with E-state index >= 15 is 0 Å². The highest BCUT2D eigenvalue weighted by Crippen LogP contribution is 2.30. The van der Waals surface area contributed by atoms with E-state index < -0.39 is 10.0 Å². The summed E-state index contributed by atoms with van der Waals surface area (Å²) >= 11 is 0. The highest BCUT2D eigenvalue weighted by molar-refractivity contribution is 7.92. The molecule has 0 fully saturated rings. The van der Waals surface area contributed by atoms with Crippen molar-refractivity contribution < 1.29 is 17.9 Å². The quantitative estimate of drug-likeness (QED) is 0.613. The molecule has 0 radical (unpaired) electrons. The minimum absolute atomic E-state index is 0.222. The number of hydrogen-bond acceptors (Lipinski definition) is 4. The average Bonchev–Trinajstić information content (AvgIpc) is 2.65. The second kappa shape index (κ2) is 9.48. The molecule has 0 unspecified atom stereocenters. The van der Waals surface area contributed by atoms with Gasteiger partial charge in [0.15, 0.2) is 0 Å². The van der Waals surface area contributed by atoms with Gasteiger partial charge >= 0.3 is 0 Å². The maximum atomic E-state index is 12.7. The fourth-order valence-corrected chi connectivity index (χ4v) is 3.75. The van der Waals surface area contributed by atoms with Gasteiger partial charge < -0.3 is 9.47 Å². The van der Waals surface area contributed by atoms with Gasteiger partial charge in [-0.15, -0.1) is 0 Å². The molecule has 0 bridgehead atoms. The number of anilines is 1. The molecule has 1 N–H and O–H groups in total. The van der Waals surface area contributed by atoms with Crippen molar-refractivity contribution in [3.63, 3.8) is 0 Å². The monoisotopic (exact) mass is 377 g/mol. The number of nitrogens with one attached hydrogen (secondary N) is 1. The second-order valence-corrected chi connectivity index (χ2v) is 7.81. The highest BCUT2D eigenvalue weighted by atomic mass is 32.2. The van der Waals surface area contributed by atoms with Gasteiger partial charge in [0, 0.05) is 6.07 Å².